The van der Waals surface area contributed by atoms with Gasteiger partial charge in [-0.25, -0.2) is 0 Å². The lowest BCUT2D eigenvalue weighted by Crippen LogP contribution is -2.41. The molecule has 1 aliphatic carbocycles. The molecule has 0 saturated heterocycles. The van der Waals surface area contributed by atoms with Crippen LogP contribution in [0.3, 0.4) is 0 Å². The average molecular weight is 267 g/mol. The van der Waals surface area contributed by atoms with Crippen molar-refractivity contribution in [3.63, 3.8) is 0 Å². The van der Waals surface area contributed by atoms with Crippen LogP contribution in [-0.4, -0.2) is 22.9 Å². The number of hydrogen-bond donors (Lipinski definition) is 1. The number of ether oxygens (including phenoxy) is 1. The van der Waals surface area contributed by atoms with E-state index in [0.717, 1.165) is 25.7 Å². The largest absolute Gasteiger partial charge is 0.376 e. The zero-order chi connectivity index (χ0) is 13.9. The second-order valence-corrected chi connectivity index (χ2v) is 6.23. The maximum atomic E-state index is 6.22. The third-order valence-corrected chi connectivity index (χ3v) is 3.59. The van der Waals surface area contributed by atoms with Crippen molar-refractivity contribution in [1.82, 2.24) is 10.1 Å². The number of nitrogens with two attached hydrogens (primary N) is 1. The highest BCUT2D eigenvalue weighted by Gasteiger charge is 2.30. The molecule has 0 amide bonds. The lowest BCUT2D eigenvalue weighted by molar-refractivity contribution is -0.0222. The Kier molecular flexibility index (Phi) is 4.58. The molecule has 1 atom stereocenters. The summed E-state index contributed by atoms with van der Waals surface area (Å²) in [5.41, 5.74) is 5.55. The smallest absolute Gasteiger partial charge is 0.226 e. The number of rotatable bonds is 7. The van der Waals surface area contributed by atoms with Crippen molar-refractivity contribution >= 4 is 0 Å². The maximum Gasteiger partial charge on any atom is 0.226 e. The van der Waals surface area contributed by atoms with Gasteiger partial charge >= 0.3 is 0 Å². The first-order valence-electron chi connectivity index (χ1n) is 7.21. The number of aromatic nitrogens is 2. The molecule has 0 radical (unpaired) electrons. The summed E-state index contributed by atoms with van der Waals surface area (Å²) in [7, 11) is 0. The molecule has 0 aromatic carbocycles. The second kappa shape index (κ2) is 6.01. The molecule has 1 aromatic heterocycles. The van der Waals surface area contributed by atoms with E-state index in [1.54, 1.807) is 0 Å². The molecule has 1 aliphatic rings. The Hall–Kier alpha value is -0.940. The number of nitrogens with zero attached hydrogens (tertiary/aromatic N) is 2. The van der Waals surface area contributed by atoms with Crippen LogP contribution >= 0.6 is 0 Å². The second-order valence-electron chi connectivity index (χ2n) is 6.23. The minimum absolute atomic E-state index is 0.371. The van der Waals surface area contributed by atoms with E-state index in [4.69, 9.17) is 15.0 Å². The van der Waals surface area contributed by atoms with Crippen LogP contribution in [0.15, 0.2) is 4.52 Å². The first-order chi connectivity index (χ1) is 8.97. The standard InChI is InChI=1S/C14H25N3O2/c1-10(2)7-8-12-16-13(17-19-12)14(3,15)9-18-11-5-4-6-11/h10-11H,4-9,15H2,1-3H3. The van der Waals surface area contributed by atoms with Crippen molar-refractivity contribution in [3.05, 3.63) is 11.7 Å². The molecule has 108 valence electrons. The zero-order valence-electron chi connectivity index (χ0n) is 12.2. The molecule has 1 heterocycles. The van der Waals surface area contributed by atoms with Crippen LogP contribution in [0, 0.1) is 5.92 Å². The predicted octanol–water partition coefficient (Wildman–Crippen LogP) is 2.40. The minimum atomic E-state index is -0.671. The van der Waals surface area contributed by atoms with Crippen LogP contribution in [0.4, 0.5) is 0 Å². The van der Waals surface area contributed by atoms with Crippen molar-refractivity contribution in [2.75, 3.05) is 6.61 Å². The summed E-state index contributed by atoms with van der Waals surface area (Å²) in [5, 5.41) is 4.00. The number of hydrogen-bond acceptors (Lipinski definition) is 5. The van der Waals surface area contributed by atoms with Crippen molar-refractivity contribution in [1.29, 1.82) is 0 Å². The van der Waals surface area contributed by atoms with Gasteiger partial charge in [0.05, 0.1) is 12.7 Å². The Bertz CT molecular complexity index is 397. The molecule has 1 unspecified atom stereocenters. The van der Waals surface area contributed by atoms with E-state index in [0.29, 0.717) is 30.3 Å². The fourth-order valence-corrected chi connectivity index (χ4v) is 1.89. The van der Waals surface area contributed by atoms with Crippen LogP contribution < -0.4 is 5.73 Å². The lowest BCUT2D eigenvalue weighted by atomic mass is 9.95. The summed E-state index contributed by atoms with van der Waals surface area (Å²) in [5.74, 6) is 1.84. The molecule has 2 rings (SSSR count). The van der Waals surface area contributed by atoms with Gasteiger partial charge in [-0.1, -0.05) is 19.0 Å². The molecule has 5 nitrogen and oxygen atoms in total. The quantitative estimate of drug-likeness (QED) is 0.821. The van der Waals surface area contributed by atoms with E-state index >= 15 is 0 Å². The summed E-state index contributed by atoms with van der Waals surface area (Å²) < 4.78 is 11.0. The van der Waals surface area contributed by atoms with E-state index in [1.165, 1.54) is 6.42 Å². The third-order valence-electron chi connectivity index (χ3n) is 3.59. The molecular formula is C14H25N3O2. The van der Waals surface area contributed by atoms with Crippen LogP contribution in [0.1, 0.15) is 58.2 Å². The summed E-state index contributed by atoms with van der Waals surface area (Å²) in [4.78, 5) is 4.39. The Balaban J connectivity index is 1.87. The summed E-state index contributed by atoms with van der Waals surface area (Å²) in [6, 6.07) is 0. The van der Waals surface area contributed by atoms with Crippen molar-refractivity contribution < 1.29 is 9.26 Å². The third kappa shape index (κ3) is 4.01. The monoisotopic (exact) mass is 267 g/mol. The first-order valence-corrected chi connectivity index (χ1v) is 7.21. The van der Waals surface area contributed by atoms with Gasteiger partial charge in [-0.05, 0) is 38.5 Å². The fourth-order valence-electron chi connectivity index (χ4n) is 1.89. The average Bonchev–Trinajstić information content (AvgIpc) is 2.73. The first kappa shape index (κ1) is 14.5. The number of aryl methyl sites for hydroxylation is 1. The zero-order valence-corrected chi connectivity index (χ0v) is 12.2. The minimum Gasteiger partial charge on any atom is -0.376 e. The van der Waals surface area contributed by atoms with Gasteiger partial charge in [-0.2, -0.15) is 4.98 Å². The van der Waals surface area contributed by atoms with Gasteiger partial charge in [-0.15, -0.1) is 0 Å². The van der Waals surface area contributed by atoms with E-state index in [-0.39, 0.29) is 0 Å². The Morgan fingerprint density at radius 2 is 2.21 bits per heavy atom. The van der Waals surface area contributed by atoms with Crippen molar-refractivity contribution in [2.45, 2.75) is 64.5 Å². The highest BCUT2D eigenvalue weighted by molar-refractivity contribution is 5.02. The van der Waals surface area contributed by atoms with E-state index in [9.17, 15) is 0 Å². The summed E-state index contributed by atoms with van der Waals surface area (Å²) in [6.07, 6.45) is 5.76. The highest BCUT2D eigenvalue weighted by Crippen LogP contribution is 2.24. The predicted molar refractivity (Wildman–Crippen MR) is 72.6 cm³/mol. The molecule has 1 saturated carbocycles. The van der Waals surface area contributed by atoms with Gasteiger partial charge in [0, 0.05) is 6.42 Å². The molecule has 19 heavy (non-hydrogen) atoms. The van der Waals surface area contributed by atoms with E-state index < -0.39 is 5.54 Å². The molecule has 2 N–H and O–H groups in total. The van der Waals surface area contributed by atoms with Gasteiger partial charge in [0.25, 0.3) is 0 Å². The summed E-state index contributed by atoms with van der Waals surface area (Å²) >= 11 is 0. The Morgan fingerprint density at radius 3 is 2.79 bits per heavy atom. The van der Waals surface area contributed by atoms with Gasteiger partial charge in [0.1, 0.15) is 5.54 Å². The normalized spacial score (nSPS) is 19.4. The molecule has 0 spiro atoms. The fraction of sp³-hybridized carbons (Fsp3) is 0.857. The molecule has 1 fully saturated rings. The lowest BCUT2D eigenvalue weighted by Gasteiger charge is -2.29. The highest BCUT2D eigenvalue weighted by atomic mass is 16.5. The molecular weight excluding hydrogens is 242 g/mol. The molecule has 0 bridgehead atoms. The van der Waals surface area contributed by atoms with Crippen LogP contribution in [0.2, 0.25) is 0 Å². The van der Waals surface area contributed by atoms with Gasteiger partial charge in [0.2, 0.25) is 5.89 Å². The Morgan fingerprint density at radius 1 is 1.47 bits per heavy atom. The Labute approximate surface area is 114 Å². The molecule has 1 aromatic rings. The SMILES string of the molecule is CC(C)CCc1nc(C(C)(N)COC2CCC2)no1. The van der Waals surface area contributed by atoms with Crippen LogP contribution in [0.25, 0.3) is 0 Å². The van der Waals surface area contributed by atoms with Gasteiger partial charge in [0.15, 0.2) is 5.82 Å². The topological polar surface area (TPSA) is 74.2 Å². The van der Waals surface area contributed by atoms with Gasteiger partial charge < -0.3 is 15.0 Å². The summed E-state index contributed by atoms with van der Waals surface area (Å²) in [6.45, 7) is 6.69. The van der Waals surface area contributed by atoms with Crippen molar-refractivity contribution in [3.8, 4) is 0 Å². The van der Waals surface area contributed by atoms with Crippen molar-refractivity contribution in [2.24, 2.45) is 11.7 Å². The van der Waals surface area contributed by atoms with E-state index in [1.807, 2.05) is 6.92 Å². The maximum absolute atomic E-state index is 6.22. The van der Waals surface area contributed by atoms with Crippen LogP contribution in [-0.2, 0) is 16.7 Å². The molecule has 5 heteroatoms. The van der Waals surface area contributed by atoms with E-state index in [2.05, 4.69) is 24.0 Å². The molecule has 0 aliphatic heterocycles. The van der Waals surface area contributed by atoms with Gasteiger partial charge in [-0.3, -0.25) is 0 Å². The van der Waals surface area contributed by atoms with Crippen LogP contribution in [0.5, 0.6) is 0 Å².